The first-order chi connectivity index (χ1) is 11.3. The zero-order valence-electron chi connectivity index (χ0n) is 14.7. The molecule has 1 aliphatic rings. The lowest BCUT2D eigenvalue weighted by Gasteiger charge is -2.19. The summed E-state index contributed by atoms with van der Waals surface area (Å²) in [5.41, 5.74) is 0.870. The van der Waals surface area contributed by atoms with Gasteiger partial charge in [-0.3, -0.25) is 10.2 Å². The van der Waals surface area contributed by atoms with E-state index in [0.29, 0.717) is 11.4 Å². The van der Waals surface area contributed by atoms with Gasteiger partial charge >= 0.3 is 6.09 Å². The first-order valence-electron chi connectivity index (χ1n) is 8.31. The van der Waals surface area contributed by atoms with Crippen LogP contribution in [0.1, 0.15) is 33.6 Å². The molecule has 1 heterocycles. The van der Waals surface area contributed by atoms with E-state index in [9.17, 15) is 9.35 Å². The molecule has 1 fully saturated rings. The standard InChI is InChI=1S/C17H27N3O3S/c1-17(2,3)23-16(21)18-14-7-6-8-15(13-14)19-24(22)12-11-20-9-4-5-10-20/h6-8,13,19,22H,4-5,9-12H2,1-3H3/p+1. The molecule has 1 aromatic carbocycles. The zero-order valence-corrected chi connectivity index (χ0v) is 15.5. The van der Waals surface area contributed by atoms with Crippen LogP contribution in [0.4, 0.5) is 16.2 Å². The number of carbonyl (C=O) groups is 1. The summed E-state index contributed by atoms with van der Waals surface area (Å²) in [6.07, 6.45) is 2.02. The highest BCUT2D eigenvalue weighted by Gasteiger charge is 2.20. The minimum absolute atomic E-state index is 0.489. The van der Waals surface area contributed by atoms with Gasteiger partial charge in [0.25, 0.3) is 11.4 Å². The number of nitrogens with zero attached hydrogens (tertiary/aromatic N) is 1. The first-order valence-corrected chi connectivity index (χ1v) is 9.66. The fourth-order valence-corrected chi connectivity index (χ4v) is 3.42. The Morgan fingerprint density at radius 2 is 1.96 bits per heavy atom. The van der Waals surface area contributed by atoms with Crippen LogP contribution >= 0.6 is 0 Å². The molecular weight excluding hydrogens is 326 g/mol. The lowest BCUT2D eigenvalue weighted by molar-refractivity contribution is 0.0636. The van der Waals surface area contributed by atoms with E-state index in [0.717, 1.165) is 25.3 Å². The molecule has 0 bridgehead atoms. The van der Waals surface area contributed by atoms with Crippen molar-refractivity contribution in [1.29, 1.82) is 0 Å². The maximum absolute atomic E-state index is 11.8. The second-order valence-corrected chi connectivity index (χ2v) is 8.27. The number of hydrogen-bond donors (Lipinski definition) is 3. The molecule has 1 amide bonds. The van der Waals surface area contributed by atoms with E-state index >= 15 is 0 Å². The van der Waals surface area contributed by atoms with E-state index in [4.69, 9.17) is 4.74 Å². The van der Waals surface area contributed by atoms with Crippen molar-refractivity contribution in [3.63, 3.8) is 0 Å². The largest absolute Gasteiger partial charge is 0.444 e. The third kappa shape index (κ3) is 6.98. The number of amides is 1. The van der Waals surface area contributed by atoms with Crippen LogP contribution in [0, 0.1) is 0 Å². The Labute approximate surface area is 147 Å². The van der Waals surface area contributed by atoms with Gasteiger partial charge in [-0.15, -0.1) is 0 Å². The first kappa shape index (κ1) is 18.9. The highest BCUT2D eigenvalue weighted by molar-refractivity contribution is 7.92. The van der Waals surface area contributed by atoms with Crippen LogP contribution in [0.2, 0.25) is 0 Å². The van der Waals surface area contributed by atoms with Crippen molar-refractivity contribution in [2.24, 2.45) is 0 Å². The van der Waals surface area contributed by atoms with Gasteiger partial charge in [-0.25, -0.2) is 4.79 Å². The molecule has 1 atom stereocenters. The van der Waals surface area contributed by atoms with Crippen molar-refractivity contribution >= 4 is 28.8 Å². The molecule has 3 N–H and O–H groups in total. The molecule has 0 saturated carbocycles. The molecule has 2 rings (SSSR count). The summed E-state index contributed by atoms with van der Waals surface area (Å²) in [6, 6.07) is 7.27. The molecule has 0 spiro atoms. The maximum atomic E-state index is 11.8. The molecule has 134 valence electrons. The lowest BCUT2D eigenvalue weighted by Crippen LogP contribution is -2.29. The van der Waals surface area contributed by atoms with Crippen LogP contribution in [-0.2, 0) is 16.1 Å². The lowest BCUT2D eigenvalue weighted by atomic mass is 10.2. The number of anilines is 2. The van der Waals surface area contributed by atoms with Gasteiger partial charge in [0.15, 0.2) is 5.75 Å². The second-order valence-electron chi connectivity index (χ2n) is 6.93. The number of hydrogen-bond acceptors (Lipinski definition) is 5. The van der Waals surface area contributed by atoms with Gasteiger partial charge < -0.3 is 4.74 Å². The predicted octanol–water partition coefficient (Wildman–Crippen LogP) is 3.55. The van der Waals surface area contributed by atoms with Gasteiger partial charge in [0.1, 0.15) is 5.60 Å². The summed E-state index contributed by atoms with van der Waals surface area (Å²) in [5, 5.41) is 2.70. The van der Waals surface area contributed by atoms with Gasteiger partial charge in [-0.05, 0) is 64.9 Å². The normalized spacial score (nSPS) is 16.7. The van der Waals surface area contributed by atoms with Gasteiger partial charge in [0.2, 0.25) is 0 Å². The quantitative estimate of drug-likeness (QED) is 0.681. The molecule has 1 saturated heterocycles. The summed E-state index contributed by atoms with van der Waals surface area (Å²) in [5.74, 6) is 0.698. The Bertz CT molecular complexity index is 542. The molecular formula is C17H28N3O3S+. The van der Waals surface area contributed by atoms with E-state index < -0.39 is 23.1 Å². The van der Waals surface area contributed by atoms with Gasteiger partial charge in [0, 0.05) is 12.2 Å². The fourth-order valence-electron chi connectivity index (χ4n) is 2.49. The highest BCUT2D eigenvalue weighted by atomic mass is 32.2. The number of ether oxygens (including phenoxy) is 1. The van der Waals surface area contributed by atoms with Crippen molar-refractivity contribution in [3.05, 3.63) is 24.3 Å². The molecule has 0 aromatic heterocycles. The van der Waals surface area contributed by atoms with Crippen molar-refractivity contribution in [3.8, 4) is 0 Å². The SMILES string of the molecule is CC(C)(C)OC(=O)Nc1cccc(N[S+](O)CCN2CCCC2)c1. The van der Waals surface area contributed by atoms with Crippen molar-refractivity contribution in [1.82, 2.24) is 4.90 Å². The Balaban J connectivity index is 1.81. The molecule has 0 aliphatic carbocycles. The molecule has 1 aliphatic heterocycles. The topological polar surface area (TPSA) is 73.8 Å². The number of likely N-dealkylation sites (tertiary alicyclic amines) is 1. The van der Waals surface area contributed by atoms with Crippen LogP contribution < -0.4 is 10.0 Å². The minimum Gasteiger partial charge on any atom is -0.444 e. The predicted molar refractivity (Wildman–Crippen MR) is 100 cm³/mol. The van der Waals surface area contributed by atoms with Crippen LogP contribution in [0.25, 0.3) is 0 Å². The minimum atomic E-state index is -0.889. The third-order valence-electron chi connectivity index (χ3n) is 3.54. The molecule has 6 nitrogen and oxygen atoms in total. The number of rotatable bonds is 6. The Hall–Kier alpha value is -1.44. The van der Waals surface area contributed by atoms with Gasteiger partial charge in [0.05, 0.1) is 5.69 Å². The Morgan fingerprint density at radius 1 is 1.29 bits per heavy atom. The highest BCUT2D eigenvalue weighted by Crippen LogP contribution is 2.18. The third-order valence-corrected chi connectivity index (χ3v) is 4.58. The van der Waals surface area contributed by atoms with Crippen molar-refractivity contribution in [2.45, 2.75) is 39.2 Å². The maximum Gasteiger partial charge on any atom is 0.412 e. The fraction of sp³-hybridized carbons (Fsp3) is 0.588. The molecule has 7 heteroatoms. The summed E-state index contributed by atoms with van der Waals surface area (Å²) in [6.45, 7) is 8.63. The smallest absolute Gasteiger partial charge is 0.412 e. The summed E-state index contributed by atoms with van der Waals surface area (Å²) in [4.78, 5) is 14.2. The van der Waals surface area contributed by atoms with Crippen LogP contribution in [0.3, 0.4) is 0 Å². The number of nitrogens with one attached hydrogen (secondary N) is 2. The molecule has 0 radical (unpaired) electrons. The second kappa shape index (κ2) is 8.60. The molecule has 24 heavy (non-hydrogen) atoms. The Morgan fingerprint density at radius 3 is 2.62 bits per heavy atom. The van der Waals surface area contributed by atoms with Crippen LogP contribution in [-0.4, -0.2) is 46.5 Å². The van der Waals surface area contributed by atoms with E-state index in [-0.39, 0.29) is 0 Å². The van der Waals surface area contributed by atoms with Gasteiger partial charge in [-0.2, -0.15) is 9.27 Å². The average Bonchev–Trinajstić information content (AvgIpc) is 2.96. The summed E-state index contributed by atoms with van der Waals surface area (Å²) >= 11 is -0.889. The molecule has 1 aromatic rings. The van der Waals surface area contributed by atoms with Crippen LogP contribution in [0.5, 0.6) is 0 Å². The van der Waals surface area contributed by atoms with Crippen LogP contribution in [0.15, 0.2) is 24.3 Å². The van der Waals surface area contributed by atoms with Gasteiger partial charge in [-0.1, -0.05) is 6.07 Å². The van der Waals surface area contributed by atoms with Crippen molar-refractivity contribution in [2.75, 3.05) is 35.4 Å². The Kier molecular flexibility index (Phi) is 6.77. The van der Waals surface area contributed by atoms with Crippen molar-refractivity contribution < 1.29 is 14.1 Å². The average molecular weight is 354 g/mol. The zero-order chi connectivity index (χ0) is 17.6. The monoisotopic (exact) mass is 354 g/mol. The van der Waals surface area contributed by atoms with E-state index in [1.54, 1.807) is 12.1 Å². The molecule has 1 unspecified atom stereocenters. The summed E-state index contributed by atoms with van der Waals surface area (Å²) < 4.78 is 18.5. The van der Waals surface area contributed by atoms with E-state index in [1.807, 2.05) is 32.9 Å². The summed E-state index contributed by atoms with van der Waals surface area (Å²) in [7, 11) is 0. The van der Waals surface area contributed by atoms with E-state index in [2.05, 4.69) is 14.9 Å². The number of carbonyl (C=O) groups excluding carboxylic acids is 1. The van der Waals surface area contributed by atoms with E-state index in [1.165, 1.54) is 12.8 Å². The number of benzene rings is 1.